The van der Waals surface area contributed by atoms with Crippen LogP contribution in [0.4, 0.5) is 0 Å². The number of carbonyl (C=O) groups is 1. The molecule has 1 N–H and O–H groups in total. The van der Waals surface area contributed by atoms with Crippen LogP contribution < -0.4 is 10.1 Å². The fourth-order valence-corrected chi connectivity index (χ4v) is 3.14. The zero-order chi connectivity index (χ0) is 17.2. The van der Waals surface area contributed by atoms with E-state index in [4.69, 9.17) is 4.74 Å². The summed E-state index contributed by atoms with van der Waals surface area (Å²) in [5, 5.41) is 7.35. The van der Waals surface area contributed by atoms with Gasteiger partial charge in [0.1, 0.15) is 18.3 Å². The van der Waals surface area contributed by atoms with E-state index in [0.29, 0.717) is 6.61 Å². The number of nitrogens with one attached hydrogen (secondary N) is 1. The molecule has 5 heteroatoms. The van der Waals surface area contributed by atoms with Gasteiger partial charge in [0.2, 0.25) is 5.91 Å². The van der Waals surface area contributed by atoms with Gasteiger partial charge in [-0.05, 0) is 36.8 Å². The van der Waals surface area contributed by atoms with Crippen LogP contribution in [0.5, 0.6) is 5.75 Å². The van der Waals surface area contributed by atoms with Crippen molar-refractivity contribution in [3.63, 3.8) is 0 Å². The zero-order valence-corrected chi connectivity index (χ0v) is 13.9. The largest absolute Gasteiger partial charge is 0.492 e. The van der Waals surface area contributed by atoms with E-state index in [1.807, 2.05) is 67.7 Å². The molecule has 0 unspecified atom stereocenters. The number of rotatable bonds is 4. The van der Waals surface area contributed by atoms with Gasteiger partial charge in [0.15, 0.2) is 0 Å². The molecule has 1 aromatic heterocycles. The van der Waals surface area contributed by atoms with Crippen molar-refractivity contribution < 1.29 is 9.53 Å². The summed E-state index contributed by atoms with van der Waals surface area (Å²) in [7, 11) is 0. The van der Waals surface area contributed by atoms with E-state index in [9.17, 15) is 4.79 Å². The monoisotopic (exact) mass is 333 g/mol. The van der Waals surface area contributed by atoms with Crippen LogP contribution in [0.2, 0.25) is 0 Å². The molecule has 0 radical (unpaired) electrons. The Morgan fingerprint density at radius 3 is 2.96 bits per heavy atom. The molecule has 0 fully saturated rings. The van der Waals surface area contributed by atoms with Crippen LogP contribution in [0.3, 0.4) is 0 Å². The van der Waals surface area contributed by atoms with Crippen molar-refractivity contribution in [3.8, 4) is 11.4 Å². The van der Waals surface area contributed by atoms with E-state index >= 15 is 0 Å². The lowest BCUT2D eigenvalue weighted by Gasteiger charge is -2.18. The standard InChI is InChI=1S/C20H19N3O2/c1-14(15-6-4-7-16(12-15)23-11-5-10-21-23)22-20(24)18-13-25-19-9-3-2-8-17(18)19/h2-12,14,18H,13H2,1H3,(H,22,24)/t14-,18-/m0/s1. The van der Waals surface area contributed by atoms with E-state index in [-0.39, 0.29) is 17.9 Å². The Bertz CT molecular complexity index is 889. The van der Waals surface area contributed by atoms with Crippen molar-refractivity contribution in [3.05, 3.63) is 78.1 Å². The van der Waals surface area contributed by atoms with Gasteiger partial charge in [0.25, 0.3) is 0 Å². The molecule has 0 saturated carbocycles. The van der Waals surface area contributed by atoms with Crippen LogP contribution in [-0.4, -0.2) is 22.3 Å². The van der Waals surface area contributed by atoms with Gasteiger partial charge in [-0.1, -0.05) is 30.3 Å². The number of para-hydroxylation sites is 1. The molecule has 0 aliphatic carbocycles. The van der Waals surface area contributed by atoms with Gasteiger partial charge in [-0.15, -0.1) is 0 Å². The molecule has 2 aromatic carbocycles. The molecular formula is C20H19N3O2. The van der Waals surface area contributed by atoms with Crippen LogP contribution in [0.25, 0.3) is 5.69 Å². The smallest absolute Gasteiger partial charge is 0.231 e. The summed E-state index contributed by atoms with van der Waals surface area (Å²) < 4.78 is 7.42. The van der Waals surface area contributed by atoms with Crippen LogP contribution in [0, 0.1) is 0 Å². The van der Waals surface area contributed by atoms with Crippen molar-refractivity contribution in [1.82, 2.24) is 15.1 Å². The SMILES string of the molecule is C[C@H](NC(=O)[C@H]1COc2ccccc21)c1cccc(-n2cccn2)c1. The van der Waals surface area contributed by atoms with Crippen molar-refractivity contribution in [2.24, 2.45) is 0 Å². The number of aromatic nitrogens is 2. The first kappa shape index (κ1) is 15.4. The van der Waals surface area contributed by atoms with Crippen LogP contribution >= 0.6 is 0 Å². The predicted molar refractivity (Wildman–Crippen MR) is 94.8 cm³/mol. The Labute approximate surface area is 146 Å². The maximum atomic E-state index is 12.7. The van der Waals surface area contributed by atoms with Gasteiger partial charge in [-0.2, -0.15) is 5.10 Å². The predicted octanol–water partition coefficient (Wildman–Crippen LogP) is 3.23. The lowest BCUT2D eigenvalue weighted by molar-refractivity contribution is -0.123. The second-order valence-electron chi connectivity index (χ2n) is 6.18. The third kappa shape index (κ3) is 3.01. The van der Waals surface area contributed by atoms with Crippen LogP contribution in [0.15, 0.2) is 67.0 Å². The molecule has 126 valence electrons. The van der Waals surface area contributed by atoms with E-state index in [1.54, 1.807) is 10.9 Å². The number of benzene rings is 2. The summed E-state index contributed by atoms with van der Waals surface area (Å²) in [6, 6.07) is 17.5. The van der Waals surface area contributed by atoms with Crippen molar-refractivity contribution in [2.45, 2.75) is 18.9 Å². The minimum absolute atomic E-state index is 0.0121. The summed E-state index contributed by atoms with van der Waals surface area (Å²) in [6.45, 7) is 2.38. The molecule has 25 heavy (non-hydrogen) atoms. The summed E-state index contributed by atoms with van der Waals surface area (Å²) in [4.78, 5) is 12.7. The number of ether oxygens (including phenoxy) is 1. The molecule has 1 amide bonds. The van der Waals surface area contributed by atoms with Gasteiger partial charge in [0, 0.05) is 18.0 Å². The number of hydrogen-bond donors (Lipinski definition) is 1. The van der Waals surface area contributed by atoms with E-state index in [1.165, 1.54) is 0 Å². The average Bonchev–Trinajstić information content (AvgIpc) is 3.31. The molecule has 0 saturated heterocycles. The quantitative estimate of drug-likeness (QED) is 0.797. The molecule has 5 nitrogen and oxygen atoms in total. The fraction of sp³-hybridized carbons (Fsp3) is 0.200. The fourth-order valence-electron chi connectivity index (χ4n) is 3.14. The molecule has 2 atom stereocenters. The lowest BCUT2D eigenvalue weighted by atomic mass is 9.99. The number of hydrogen-bond acceptors (Lipinski definition) is 3. The highest BCUT2D eigenvalue weighted by molar-refractivity contribution is 5.85. The maximum absolute atomic E-state index is 12.7. The zero-order valence-electron chi connectivity index (χ0n) is 13.9. The van der Waals surface area contributed by atoms with Gasteiger partial charge >= 0.3 is 0 Å². The Hall–Kier alpha value is -3.08. The summed E-state index contributed by atoms with van der Waals surface area (Å²) in [5.41, 5.74) is 2.96. The minimum atomic E-state index is -0.257. The normalized spacial score (nSPS) is 16.8. The first-order chi connectivity index (χ1) is 12.2. The van der Waals surface area contributed by atoms with Gasteiger partial charge in [-0.3, -0.25) is 4.79 Å². The third-order valence-electron chi connectivity index (χ3n) is 4.51. The molecule has 3 aromatic rings. The minimum Gasteiger partial charge on any atom is -0.492 e. The van der Waals surface area contributed by atoms with Crippen molar-refractivity contribution >= 4 is 5.91 Å². The Morgan fingerprint density at radius 2 is 2.12 bits per heavy atom. The first-order valence-electron chi connectivity index (χ1n) is 8.34. The molecule has 1 aliphatic heterocycles. The maximum Gasteiger partial charge on any atom is 0.231 e. The second-order valence-corrected chi connectivity index (χ2v) is 6.18. The summed E-state index contributed by atoms with van der Waals surface area (Å²) in [6.07, 6.45) is 3.64. The summed E-state index contributed by atoms with van der Waals surface area (Å²) >= 11 is 0. The van der Waals surface area contributed by atoms with E-state index in [2.05, 4.69) is 10.4 Å². The molecule has 1 aliphatic rings. The molecular weight excluding hydrogens is 314 g/mol. The van der Waals surface area contributed by atoms with Gasteiger partial charge in [-0.25, -0.2) is 4.68 Å². The van der Waals surface area contributed by atoms with E-state index in [0.717, 1.165) is 22.6 Å². The van der Waals surface area contributed by atoms with Gasteiger partial charge in [0.05, 0.1) is 11.7 Å². The van der Waals surface area contributed by atoms with Crippen LogP contribution in [-0.2, 0) is 4.79 Å². The molecule has 4 rings (SSSR count). The number of amides is 1. The van der Waals surface area contributed by atoms with Crippen molar-refractivity contribution in [2.75, 3.05) is 6.61 Å². The second kappa shape index (κ2) is 6.43. The Kier molecular flexibility index (Phi) is 3.98. The van der Waals surface area contributed by atoms with E-state index < -0.39 is 0 Å². The average molecular weight is 333 g/mol. The van der Waals surface area contributed by atoms with Crippen molar-refractivity contribution in [1.29, 1.82) is 0 Å². The number of carbonyl (C=O) groups excluding carboxylic acids is 1. The highest BCUT2D eigenvalue weighted by Gasteiger charge is 2.30. The Balaban J connectivity index is 1.50. The lowest BCUT2D eigenvalue weighted by Crippen LogP contribution is -2.32. The number of fused-ring (bicyclic) bond motifs is 1. The van der Waals surface area contributed by atoms with Gasteiger partial charge < -0.3 is 10.1 Å². The topological polar surface area (TPSA) is 56.1 Å². The third-order valence-corrected chi connectivity index (χ3v) is 4.51. The number of nitrogens with zero attached hydrogens (tertiary/aromatic N) is 2. The van der Waals surface area contributed by atoms with Crippen LogP contribution in [0.1, 0.15) is 30.0 Å². The highest BCUT2D eigenvalue weighted by atomic mass is 16.5. The Morgan fingerprint density at radius 1 is 1.24 bits per heavy atom. The summed E-state index contributed by atoms with van der Waals surface area (Å²) in [5.74, 6) is 0.533. The molecule has 0 spiro atoms. The highest BCUT2D eigenvalue weighted by Crippen LogP contribution is 2.34. The first-order valence-corrected chi connectivity index (χ1v) is 8.34. The molecule has 0 bridgehead atoms. The molecule has 2 heterocycles.